The first-order valence-corrected chi connectivity index (χ1v) is 12.1. The topological polar surface area (TPSA) is 75.3 Å². The van der Waals surface area contributed by atoms with Crippen molar-refractivity contribution in [3.63, 3.8) is 0 Å². The molecule has 3 aromatic carbocycles. The average Bonchev–Trinajstić information content (AvgIpc) is 2.74. The maximum Gasteiger partial charge on any atom is 0.241 e. The fourth-order valence-electron chi connectivity index (χ4n) is 3.05. The lowest BCUT2D eigenvalue weighted by atomic mass is 10.0. The van der Waals surface area contributed by atoms with Crippen LogP contribution in [0.5, 0.6) is 0 Å². The molecule has 30 heavy (non-hydrogen) atoms. The van der Waals surface area contributed by atoms with Gasteiger partial charge < -0.3 is 5.32 Å². The SMILES string of the molecule is C[C@@H](NC(=O)[C@H](Cc1ccccc1)NS(=O)(=O)c1ccc(I)cc1)c1ccccc1. The van der Waals surface area contributed by atoms with Crippen LogP contribution in [-0.4, -0.2) is 20.4 Å². The van der Waals surface area contributed by atoms with Crippen molar-refractivity contribution in [3.05, 3.63) is 99.6 Å². The van der Waals surface area contributed by atoms with E-state index in [-0.39, 0.29) is 23.3 Å². The lowest BCUT2D eigenvalue weighted by molar-refractivity contribution is -0.123. The Bertz CT molecular complexity index is 1070. The molecule has 0 aliphatic carbocycles. The third kappa shape index (κ3) is 6.13. The molecule has 0 saturated heterocycles. The van der Waals surface area contributed by atoms with Crippen LogP contribution in [0.15, 0.2) is 89.8 Å². The van der Waals surface area contributed by atoms with Gasteiger partial charge in [0.1, 0.15) is 6.04 Å². The Labute approximate surface area is 191 Å². The number of sulfonamides is 1. The van der Waals surface area contributed by atoms with Crippen LogP contribution in [0.1, 0.15) is 24.1 Å². The predicted molar refractivity (Wildman–Crippen MR) is 126 cm³/mol. The number of rotatable bonds is 8. The number of nitrogens with one attached hydrogen (secondary N) is 2. The van der Waals surface area contributed by atoms with E-state index in [0.717, 1.165) is 14.7 Å². The van der Waals surface area contributed by atoms with Crippen molar-refractivity contribution in [3.8, 4) is 0 Å². The van der Waals surface area contributed by atoms with Gasteiger partial charge in [-0.25, -0.2) is 8.42 Å². The molecular formula is C23H23IN2O3S. The molecule has 2 N–H and O–H groups in total. The van der Waals surface area contributed by atoms with Gasteiger partial charge in [-0.15, -0.1) is 0 Å². The van der Waals surface area contributed by atoms with Crippen LogP contribution >= 0.6 is 22.6 Å². The van der Waals surface area contributed by atoms with E-state index in [2.05, 4.69) is 32.6 Å². The van der Waals surface area contributed by atoms with E-state index in [1.165, 1.54) is 12.1 Å². The number of benzene rings is 3. The monoisotopic (exact) mass is 534 g/mol. The van der Waals surface area contributed by atoms with E-state index >= 15 is 0 Å². The number of hydrogen-bond donors (Lipinski definition) is 2. The molecule has 0 radical (unpaired) electrons. The summed E-state index contributed by atoms with van der Waals surface area (Å²) in [5, 5.41) is 2.93. The van der Waals surface area contributed by atoms with Crippen molar-refractivity contribution in [1.82, 2.24) is 10.0 Å². The van der Waals surface area contributed by atoms with E-state index in [9.17, 15) is 13.2 Å². The number of amides is 1. The Morgan fingerprint density at radius 3 is 2.07 bits per heavy atom. The van der Waals surface area contributed by atoms with Gasteiger partial charge in [-0.05, 0) is 71.3 Å². The second kappa shape index (κ2) is 10.2. The van der Waals surface area contributed by atoms with Gasteiger partial charge in [0.15, 0.2) is 0 Å². The van der Waals surface area contributed by atoms with Crippen molar-refractivity contribution in [2.24, 2.45) is 0 Å². The molecule has 3 aromatic rings. The Hall–Kier alpha value is -2.23. The lowest BCUT2D eigenvalue weighted by Crippen LogP contribution is -2.48. The normalized spacial score (nSPS) is 13.4. The Morgan fingerprint density at radius 2 is 1.47 bits per heavy atom. The Morgan fingerprint density at radius 1 is 0.900 bits per heavy atom. The summed E-state index contributed by atoms with van der Waals surface area (Å²) in [5.74, 6) is -0.371. The minimum atomic E-state index is -3.86. The fraction of sp³-hybridized carbons (Fsp3) is 0.174. The molecule has 0 aliphatic heterocycles. The highest BCUT2D eigenvalue weighted by Crippen LogP contribution is 2.15. The third-order valence-electron chi connectivity index (χ3n) is 4.68. The molecule has 3 rings (SSSR count). The first-order chi connectivity index (χ1) is 14.3. The summed E-state index contributed by atoms with van der Waals surface area (Å²) in [7, 11) is -3.86. The van der Waals surface area contributed by atoms with Crippen molar-refractivity contribution in [2.45, 2.75) is 30.3 Å². The smallest absolute Gasteiger partial charge is 0.241 e. The Kier molecular flexibility index (Phi) is 7.63. The minimum Gasteiger partial charge on any atom is -0.348 e. The van der Waals surface area contributed by atoms with Crippen LogP contribution in [0.25, 0.3) is 0 Å². The maximum absolute atomic E-state index is 13.1. The summed E-state index contributed by atoms with van der Waals surface area (Å²) >= 11 is 2.12. The van der Waals surface area contributed by atoms with E-state index in [1.807, 2.05) is 67.6 Å². The van der Waals surface area contributed by atoms with Gasteiger partial charge >= 0.3 is 0 Å². The molecule has 0 aliphatic rings. The van der Waals surface area contributed by atoms with Crippen LogP contribution in [0.4, 0.5) is 0 Å². The average molecular weight is 534 g/mol. The first kappa shape index (κ1) is 22.5. The molecule has 0 aromatic heterocycles. The summed E-state index contributed by atoms with van der Waals surface area (Å²) in [6.45, 7) is 1.88. The second-order valence-corrected chi connectivity index (χ2v) is 9.92. The molecule has 7 heteroatoms. The molecule has 156 valence electrons. The number of hydrogen-bond acceptors (Lipinski definition) is 3. The highest BCUT2D eigenvalue weighted by atomic mass is 127. The predicted octanol–water partition coefficient (Wildman–Crippen LogP) is 4.06. The largest absolute Gasteiger partial charge is 0.348 e. The first-order valence-electron chi connectivity index (χ1n) is 9.52. The summed E-state index contributed by atoms with van der Waals surface area (Å²) < 4.78 is 29.3. The van der Waals surface area contributed by atoms with E-state index in [1.54, 1.807) is 12.1 Å². The van der Waals surface area contributed by atoms with Crippen LogP contribution < -0.4 is 10.0 Å². The summed E-state index contributed by atoms with van der Waals surface area (Å²) in [6, 6.07) is 24.2. The summed E-state index contributed by atoms with van der Waals surface area (Å²) in [6.07, 6.45) is 0.248. The zero-order valence-electron chi connectivity index (χ0n) is 16.5. The highest BCUT2D eigenvalue weighted by Gasteiger charge is 2.27. The molecule has 0 unspecified atom stereocenters. The van der Waals surface area contributed by atoms with Crippen molar-refractivity contribution < 1.29 is 13.2 Å². The molecule has 2 atom stereocenters. The van der Waals surface area contributed by atoms with Crippen LogP contribution in [0, 0.1) is 3.57 Å². The summed E-state index contributed by atoms with van der Waals surface area (Å²) in [4.78, 5) is 13.2. The number of carbonyl (C=O) groups excluding carboxylic acids is 1. The lowest BCUT2D eigenvalue weighted by Gasteiger charge is -2.22. The van der Waals surface area contributed by atoms with Gasteiger partial charge in [0.2, 0.25) is 15.9 Å². The van der Waals surface area contributed by atoms with Crippen LogP contribution in [-0.2, 0) is 21.2 Å². The standard InChI is InChI=1S/C23H23IN2O3S/c1-17(19-10-6-3-7-11-19)25-23(27)22(16-18-8-4-2-5-9-18)26-30(28,29)21-14-12-20(24)13-15-21/h2-15,17,22,26H,16H2,1H3,(H,25,27)/t17-,22+/m1/s1. The summed E-state index contributed by atoms with van der Waals surface area (Å²) in [5.41, 5.74) is 1.82. The number of halogens is 1. The molecule has 0 heterocycles. The van der Waals surface area contributed by atoms with Gasteiger partial charge in [-0.3, -0.25) is 4.79 Å². The molecule has 0 spiro atoms. The van der Waals surface area contributed by atoms with Crippen molar-refractivity contribution in [2.75, 3.05) is 0 Å². The van der Waals surface area contributed by atoms with E-state index in [4.69, 9.17) is 0 Å². The van der Waals surface area contributed by atoms with Gasteiger partial charge in [-0.1, -0.05) is 60.7 Å². The molecule has 1 amide bonds. The van der Waals surface area contributed by atoms with Crippen LogP contribution in [0.3, 0.4) is 0 Å². The fourth-order valence-corrected chi connectivity index (χ4v) is 4.60. The molecule has 0 fully saturated rings. The number of carbonyl (C=O) groups is 1. The van der Waals surface area contributed by atoms with Crippen molar-refractivity contribution >= 4 is 38.5 Å². The van der Waals surface area contributed by atoms with Gasteiger partial charge in [0.25, 0.3) is 0 Å². The maximum atomic E-state index is 13.1. The van der Waals surface area contributed by atoms with E-state index in [0.29, 0.717) is 0 Å². The van der Waals surface area contributed by atoms with Crippen molar-refractivity contribution in [1.29, 1.82) is 0 Å². The zero-order chi connectivity index (χ0) is 21.6. The molecule has 0 bridgehead atoms. The molecule has 5 nitrogen and oxygen atoms in total. The molecule has 0 saturated carbocycles. The molecular weight excluding hydrogens is 511 g/mol. The van der Waals surface area contributed by atoms with Gasteiger partial charge in [0.05, 0.1) is 10.9 Å². The minimum absolute atomic E-state index is 0.130. The van der Waals surface area contributed by atoms with E-state index < -0.39 is 16.1 Å². The van der Waals surface area contributed by atoms with Gasteiger partial charge in [-0.2, -0.15) is 4.72 Å². The Balaban J connectivity index is 1.82. The highest BCUT2D eigenvalue weighted by molar-refractivity contribution is 14.1. The van der Waals surface area contributed by atoms with Crippen LogP contribution in [0.2, 0.25) is 0 Å². The zero-order valence-corrected chi connectivity index (χ0v) is 19.4. The second-order valence-electron chi connectivity index (χ2n) is 6.96. The quantitative estimate of drug-likeness (QED) is 0.429. The van der Waals surface area contributed by atoms with Gasteiger partial charge in [0, 0.05) is 3.57 Å². The third-order valence-corrected chi connectivity index (χ3v) is 6.89.